The molecule has 0 bridgehead atoms. The van der Waals surface area contributed by atoms with Crippen molar-refractivity contribution < 1.29 is 22.4 Å². The first kappa shape index (κ1) is 25.3. The number of alkyl halides is 3. The molecule has 5 nitrogen and oxygen atoms in total. The topological polar surface area (TPSA) is 52.8 Å². The quantitative estimate of drug-likeness (QED) is 0.494. The molecule has 180 valence electrons. The van der Waals surface area contributed by atoms with Crippen LogP contribution >= 0.6 is 11.6 Å². The Hall–Kier alpha value is -2.36. The third-order valence-electron chi connectivity index (χ3n) is 5.88. The summed E-state index contributed by atoms with van der Waals surface area (Å²) in [5, 5.41) is 0.433. The molecule has 0 radical (unpaired) electrons. The van der Waals surface area contributed by atoms with Gasteiger partial charge in [0.25, 0.3) is 0 Å². The van der Waals surface area contributed by atoms with Crippen LogP contribution in [0.3, 0.4) is 0 Å². The van der Waals surface area contributed by atoms with E-state index in [9.17, 15) is 22.4 Å². The van der Waals surface area contributed by atoms with Crippen LogP contribution in [0.15, 0.2) is 36.4 Å². The number of amides is 1. The molecule has 1 aliphatic heterocycles. The lowest BCUT2D eigenvalue weighted by Gasteiger charge is -2.29. The standard InChI is InChI=1S/C23H27ClF4N4O/c1-30(2)13-22(33)32-11-16(15-5-7-18(24)20(29)9-15)21(12-32)31(3)10-14-4-6-17(19(25)8-14)23(26,27)28/h4-9,16,21H,10-13,29H2,1-3H3/t16-,21+/m1/s1. The van der Waals surface area contributed by atoms with Gasteiger partial charge in [0.15, 0.2) is 0 Å². The summed E-state index contributed by atoms with van der Waals surface area (Å²) in [6, 6.07) is 8.16. The van der Waals surface area contributed by atoms with Crippen LogP contribution in [-0.2, 0) is 17.5 Å². The number of carbonyl (C=O) groups excluding carboxylic acids is 1. The van der Waals surface area contributed by atoms with E-state index in [1.54, 1.807) is 21.9 Å². The SMILES string of the molecule is CN(C)CC(=O)N1C[C@H](c2ccc(Cl)c(N)c2)[C@@H](N(C)Cc2ccc(C(F)(F)F)c(F)c2)C1. The largest absolute Gasteiger partial charge is 0.419 e. The Morgan fingerprint density at radius 2 is 1.85 bits per heavy atom. The van der Waals surface area contributed by atoms with E-state index >= 15 is 0 Å². The maximum absolute atomic E-state index is 14.1. The fraction of sp³-hybridized carbons (Fsp3) is 0.435. The number of nitrogen functional groups attached to an aromatic ring is 1. The molecule has 1 aliphatic rings. The smallest absolute Gasteiger partial charge is 0.398 e. The monoisotopic (exact) mass is 486 g/mol. The van der Waals surface area contributed by atoms with Crippen molar-refractivity contribution in [2.24, 2.45) is 0 Å². The summed E-state index contributed by atoms with van der Waals surface area (Å²) in [5.74, 6) is -1.42. The Kier molecular flexibility index (Phi) is 7.55. The number of nitrogens with zero attached hydrogens (tertiary/aromatic N) is 3. The predicted octanol–water partition coefficient (Wildman–Crippen LogP) is 4.07. The number of nitrogens with two attached hydrogens (primary N) is 1. The lowest BCUT2D eigenvalue weighted by atomic mass is 9.92. The van der Waals surface area contributed by atoms with Crippen LogP contribution in [0.1, 0.15) is 22.6 Å². The minimum atomic E-state index is -4.74. The molecule has 0 saturated carbocycles. The van der Waals surface area contributed by atoms with Crippen molar-refractivity contribution >= 4 is 23.2 Å². The lowest BCUT2D eigenvalue weighted by Crippen LogP contribution is -2.40. The highest BCUT2D eigenvalue weighted by atomic mass is 35.5. The van der Waals surface area contributed by atoms with E-state index in [1.807, 2.05) is 32.1 Å². The van der Waals surface area contributed by atoms with Crippen LogP contribution < -0.4 is 5.73 Å². The maximum atomic E-state index is 14.1. The van der Waals surface area contributed by atoms with Crippen molar-refractivity contribution in [3.8, 4) is 0 Å². The Morgan fingerprint density at radius 3 is 2.42 bits per heavy atom. The lowest BCUT2D eigenvalue weighted by molar-refractivity contribution is -0.140. The van der Waals surface area contributed by atoms with Crippen LogP contribution in [0.5, 0.6) is 0 Å². The molecule has 2 atom stereocenters. The Morgan fingerprint density at radius 1 is 1.15 bits per heavy atom. The van der Waals surface area contributed by atoms with Gasteiger partial charge < -0.3 is 15.5 Å². The van der Waals surface area contributed by atoms with Crippen molar-refractivity contribution in [2.75, 3.05) is 46.5 Å². The molecule has 0 unspecified atom stereocenters. The first-order valence-corrected chi connectivity index (χ1v) is 10.8. The van der Waals surface area contributed by atoms with Crippen LogP contribution in [0.4, 0.5) is 23.2 Å². The number of likely N-dealkylation sites (N-methyl/N-ethyl adjacent to an activating group) is 2. The van der Waals surface area contributed by atoms with Gasteiger partial charge in [-0.15, -0.1) is 0 Å². The number of halogens is 5. The highest BCUT2D eigenvalue weighted by Crippen LogP contribution is 2.35. The summed E-state index contributed by atoms with van der Waals surface area (Å²) < 4.78 is 52.7. The zero-order valence-corrected chi connectivity index (χ0v) is 19.4. The highest BCUT2D eigenvalue weighted by molar-refractivity contribution is 6.33. The molecular formula is C23H27ClF4N4O. The van der Waals surface area contributed by atoms with Gasteiger partial charge in [-0.1, -0.05) is 23.7 Å². The number of hydrogen-bond acceptors (Lipinski definition) is 4. The second kappa shape index (κ2) is 9.87. The molecule has 1 heterocycles. The summed E-state index contributed by atoms with van der Waals surface area (Å²) >= 11 is 6.07. The fourth-order valence-electron chi connectivity index (χ4n) is 4.22. The molecular weight excluding hydrogens is 460 g/mol. The molecule has 1 amide bonds. The molecule has 10 heteroatoms. The Balaban J connectivity index is 1.85. The van der Waals surface area contributed by atoms with Gasteiger partial charge in [0.05, 0.1) is 22.8 Å². The number of carbonyl (C=O) groups is 1. The molecule has 1 fully saturated rings. The average Bonchev–Trinajstić information content (AvgIpc) is 3.14. The number of anilines is 1. The van der Waals surface area contributed by atoms with Crippen LogP contribution in [0.2, 0.25) is 5.02 Å². The number of likely N-dealkylation sites (tertiary alicyclic amines) is 1. The zero-order valence-electron chi connectivity index (χ0n) is 18.7. The summed E-state index contributed by atoms with van der Waals surface area (Å²) in [6.45, 7) is 1.37. The van der Waals surface area contributed by atoms with E-state index in [4.69, 9.17) is 17.3 Å². The first-order valence-electron chi connectivity index (χ1n) is 10.4. The van der Waals surface area contributed by atoms with Crippen molar-refractivity contribution in [1.82, 2.24) is 14.7 Å². The van der Waals surface area contributed by atoms with E-state index in [1.165, 1.54) is 6.07 Å². The van der Waals surface area contributed by atoms with E-state index in [2.05, 4.69) is 0 Å². The van der Waals surface area contributed by atoms with Crippen LogP contribution in [0, 0.1) is 5.82 Å². The van der Waals surface area contributed by atoms with Crippen LogP contribution in [-0.4, -0.2) is 67.4 Å². The van der Waals surface area contributed by atoms with Crippen molar-refractivity contribution in [2.45, 2.75) is 24.7 Å². The Bertz CT molecular complexity index is 1010. The molecule has 3 rings (SSSR count). The fourth-order valence-corrected chi connectivity index (χ4v) is 4.34. The van der Waals surface area contributed by atoms with E-state index in [0.717, 1.165) is 17.7 Å². The minimum absolute atomic E-state index is 0.0246. The Labute approximate surface area is 195 Å². The average molecular weight is 487 g/mol. The third-order valence-corrected chi connectivity index (χ3v) is 6.22. The van der Waals surface area contributed by atoms with Gasteiger partial charge in [-0.25, -0.2) is 4.39 Å². The first-order chi connectivity index (χ1) is 15.4. The second-order valence-electron chi connectivity index (χ2n) is 8.72. The van der Waals surface area contributed by atoms with E-state index in [0.29, 0.717) is 29.4 Å². The van der Waals surface area contributed by atoms with Crippen LogP contribution in [0.25, 0.3) is 0 Å². The summed E-state index contributed by atoms with van der Waals surface area (Å²) in [7, 11) is 5.44. The van der Waals surface area contributed by atoms with Gasteiger partial charge in [-0.05, 0) is 56.5 Å². The number of rotatable bonds is 6. The molecule has 1 saturated heterocycles. The van der Waals surface area contributed by atoms with Gasteiger partial charge in [0.1, 0.15) is 5.82 Å². The van der Waals surface area contributed by atoms with Crippen molar-refractivity contribution in [1.29, 1.82) is 0 Å². The van der Waals surface area contributed by atoms with Gasteiger partial charge in [-0.3, -0.25) is 9.69 Å². The normalized spacial score (nSPS) is 19.0. The number of hydrogen-bond donors (Lipinski definition) is 1. The molecule has 0 aliphatic carbocycles. The van der Waals surface area contributed by atoms with Gasteiger partial charge in [-0.2, -0.15) is 13.2 Å². The van der Waals surface area contributed by atoms with E-state index < -0.39 is 17.6 Å². The summed E-state index contributed by atoms with van der Waals surface area (Å²) in [5.41, 5.74) is 6.46. The molecule has 33 heavy (non-hydrogen) atoms. The zero-order chi connectivity index (χ0) is 24.5. The highest BCUT2D eigenvalue weighted by Gasteiger charge is 2.39. The summed E-state index contributed by atoms with van der Waals surface area (Å²) in [4.78, 5) is 18.2. The summed E-state index contributed by atoms with van der Waals surface area (Å²) in [6.07, 6.45) is -4.74. The molecule has 0 spiro atoms. The molecule has 2 N–H and O–H groups in total. The molecule has 0 aromatic heterocycles. The molecule has 2 aromatic rings. The van der Waals surface area contributed by atoms with E-state index in [-0.39, 0.29) is 31.0 Å². The maximum Gasteiger partial charge on any atom is 0.419 e. The predicted molar refractivity (Wildman–Crippen MR) is 120 cm³/mol. The third kappa shape index (κ3) is 5.96. The van der Waals surface area contributed by atoms with Gasteiger partial charge in [0, 0.05) is 31.6 Å². The van der Waals surface area contributed by atoms with Gasteiger partial charge >= 0.3 is 6.18 Å². The second-order valence-corrected chi connectivity index (χ2v) is 9.13. The minimum Gasteiger partial charge on any atom is -0.398 e. The van der Waals surface area contributed by atoms with Crippen molar-refractivity contribution in [3.05, 3.63) is 63.9 Å². The van der Waals surface area contributed by atoms with Crippen molar-refractivity contribution in [3.63, 3.8) is 0 Å². The number of benzene rings is 2. The molecule has 2 aromatic carbocycles. The van der Waals surface area contributed by atoms with Gasteiger partial charge in [0.2, 0.25) is 5.91 Å².